The Morgan fingerprint density at radius 3 is 3.05 bits per heavy atom. The van der Waals surface area contributed by atoms with Gasteiger partial charge in [0.1, 0.15) is 23.8 Å². The van der Waals surface area contributed by atoms with Gasteiger partial charge >= 0.3 is 0 Å². The van der Waals surface area contributed by atoms with Gasteiger partial charge in [0.2, 0.25) is 5.91 Å². The highest BCUT2D eigenvalue weighted by Gasteiger charge is 2.37. The average molecular weight is 268 g/mol. The van der Waals surface area contributed by atoms with Crippen molar-refractivity contribution in [3.63, 3.8) is 0 Å². The summed E-state index contributed by atoms with van der Waals surface area (Å²) in [6.07, 6.45) is 0.496. The number of amides is 1. The van der Waals surface area contributed by atoms with Crippen LogP contribution in [0.2, 0.25) is 0 Å². The number of halogens is 1. The molecule has 1 amide bonds. The van der Waals surface area contributed by atoms with Gasteiger partial charge in [-0.2, -0.15) is 0 Å². The number of β-amino-alcohol motifs (C(OH)–C–C–N with tert-alkyl or cyclic N) is 1. The highest BCUT2D eigenvalue weighted by atomic mass is 19.1. The Morgan fingerprint density at radius 2 is 2.37 bits per heavy atom. The molecule has 1 heterocycles. The lowest BCUT2D eigenvalue weighted by Crippen LogP contribution is -2.41. The van der Waals surface area contributed by atoms with Gasteiger partial charge < -0.3 is 15.6 Å². The van der Waals surface area contributed by atoms with E-state index in [1.807, 2.05) is 0 Å². The largest absolute Gasteiger partial charge is 0.490 e. The van der Waals surface area contributed by atoms with Crippen LogP contribution in [0.3, 0.4) is 0 Å². The second-order valence-corrected chi connectivity index (χ2v) is 4.90. The maximum atomic E-state index is 13.0. The van der Waals surface area contributed by atoms with Gasteiger partial charge in [0.15, 0.2) is 0 Å². The van der Waals surface area contributed by atoms with Gasteiger partial charge in [-0.1, -0.05) is 6.07 Å². The number of primary amides is 1. The van der Waals surface area contributed by atoms with Crippen LogP contribution in [0.15, 0.2) is 24.3 Å². The Bertz CT molecular complexity index is 469. The van der Waals surface area contributed by atoms with E-state index in [0.29, 0.717) is 25.3 Å². The molecule has 0 radical (unpaired) electrons. The zero-order chi connectivity index (χ0) is 13.9. The fourth-order valence-electron chi connectivity index (χ4n) is 2.19. The summed E-state index contributed by atoms with van der Waals surface area (Å²) >= 11 is 0. The zero-order valence-electron chi connectivity index (χ0n) is 10.5. The van der Waals surface area contributed by atoms with Gasteiger partial charge in [-0.25, -0.2) is 4.39 Å². The molecule has 1 aromatic rings. The molecule has 1 fully saturated rings. The topological polar surface area (TPSA) is 75.8 Å². The van der Waals surface area contributed by atoms with Crippen LogP contribution < -0.4 is 10.5 Å². The average Bonchev–Trinajstić information content (AvgIpc) is 2.68. The third-order valence-electron chi connectivity index (χ3n) is 3.09. The third-order valence-corrected chi connectivity index (χ3v) is 3.09. The molecule has 1 saturated heterocycles. The molecule has 104 valence electrons. The zero-order valence-corrected chi connectivity index (χ0v) is 10.5. The van der Waals surface area contributed by atoms with Crippen molar-refractivity contribution >= 4 is 5.91 Å². The molecule has 1 aromatic carbocycles. The van der Waals surface area contributed by atoms with Gasteiger partial charge in [-0.3, -0.25) is 9.69 Å². The quantitative estimate of drug-likeness (QED) is 0.795. The van der Waals surface area contributed by atoms with Crippen molar-refractivity contribution in [2.24, 2.45) is 5.73 Å². The van der Waals surface area contributed by atoms with Crippen LogP contribution >= 0.6 is 0 Å². The number of hydrogen-bond acceptors (Lipinski definition) is 4. The normalized spacial score (nSPS) is 23.5. The summed E-state index contributed by atoms with van der Waals surface area (Å²) in [7, 11) is 0. The van der Waals surface area contributed by atoms with E-state index >= 15 is 0 Å². The highest BCUT2D eigenvalue weighted by Crippen LogP contribution is 2.23. The minimum absolute atomic E-state index is 0.0612. The maximum absolute atomic E-state index is 13.0. The second-order valence-electron chi connectivity index (χ2n) is 4.90. The van der Waals surface area contributed by atoms with Crippen LogP contribution in [-0.2, 0) is 4.79 Å². The fourth-order valence-corrected chi connectivity index (χ4v) is 2.19. The molecular formula is C13H17FN2O3. The Labute approximate surface area is 110 Å². The molecule has 6 heteroatoms. The molecule has 0 unspecified atom stereocenters. The Morgan fingerprint density at radius 1 is 1.58 bits per heavy atom. The lowest BCUT2D eigenvalue weighted by atomic mass is 10.1. The first-order valence-electron chi connectivity index (χ1n) is 6.08. The van der Waals surface area contributed by atoms with E-state index in [4.69, 9.17) is 10.5 Å². The maximum Gasteiger partial charge on any atom is 0.231 e. The number of carbonyl (C=O) groups is 1. The Balaban J connectivity index is 1.87. The monoisotopic (exact) mass is 268 g/mol. The van der Waals surface area contributed by atoms with E-state index in [1.54, 1.807) is 17.0 Å². The smallest absolute Gasteiger partial charge is 0.231 e. The van der Waals surface area contributed by atoms with Crippen LogP contribution in [0.4, 0.5) is 4.39 Å². The molecular weight excluding hydrogens is 251 g/mol. The van der Waals surface area contributed by atoms with Gasteiger partial charge in [0.05, 0.1) is 6.54 Å². The van der Waals surface area contributed by atoms with E-state index in [1.165, 1.54) is 12.1 Å². The molecule has 1 aliphatic heterocycles. The van der Waals surface area contributed by atoms with Gasteiger partial charge in [0, 0.05) is 19.2 Å². The van der Waals surface area contributed by atoms with Crippen molar-refractivity contribution in [2.75, 3.05) is 26.2 Å². The molecule has 19 heavy (non-hydrogen) atoms. The summed E-state index contributed by atoms with van der Waals surface area (Å²) in [6, 6.07) is 5.76. The minimum atomic E-state index is -1.03. The lowest BCUT2D eigenvalue weighted by Gasteiger charge is -2.23. The molecule has 0 bridgehead atoms. The van der Waals surface area contributed by atoms with Crippen LogP contribution in [0.1, 0.15) is 6.42 Å². The van der Waals surface area contributed by atoms with E-state index < -0.39 is 11.5 Å². The summed E-state index contributed by atoms with van der Waals surface area (Å²) < 4.78 is 18.4. The van der Waals surface area contributed by atoms with Crippen LogP contribution in [0, 0.1) is 5.82 Å². The highest BCUT2D eigenvalue weighted by molar-refractivity contribution is 5.75. The predicted octanol–water partition coefficient (Wildman–Crippen LogP) is 0.127. The molecule has 0 aromatic heterocycles. The number of rotatable bonds is 5. The summed E-state index contributed by atoms with van der Waals surface area (Å²) in [4.78, 5) is 12.6. The second kappa shape index (κ2) is 5.54. The number of likely N-dealkylation sites (tertiary alicyclic amines) is 1. The number of carbonyl (C=O) groups excluding carboxylic acids is 1. The summed E-state index contributed by atoms with van der Waals surface area (Å²) in [6.45, 7) is 1.10. The summed E-state index contributed by atoms with van der Waals surface area (Å²) in [5, 5.41) is 10.3. The predicted molar refractivity (Wildman–Crippen MR) is 67.1 cm³/mol. The summed E-state index contributed by atoms with van der Waals surface area (Å²) in [5.41, 5.74) is 4.08. The number of hydrogen-bond donors (Lipinski definition) is 2. The van der Waals surface area contributed by atoms with Crippen molar-refractivity contribution in [2.45, 2.75) is 12.0 Å². The van der Waals surface area contributed by atoms with Crippen LogP contribution in [-0.4, -0.2) is 47.8 Å². The molecule has 2 rings (SSSR count). The molecule has 0 aliphatic carbocycles. The molecule has 0 saturated carbocycles. The van der Waals surface area contributed by atoms with Gasteiger partial charge in [-0.15, -0.1) is 0 Å². The van der Waals surface area contributed by atoms with Gasteiger partial charge in [0.25, 0.3) is 0 Å². The third kappa shape index (κ3) is 3.90. The van der Waals surface area contributed by atoms with E-state index in [-0.39, 0.29) is 19.0 Å². The SMILES string of the molecule is NC(=O)CN1CC[C@](O)(COc2cccc(F)c2)C1. The van der Waals surface area contributed by atoms with Crippen molar-refractivity contribution in [3.8, 4) is 5.75 Å². The molecule has 5 nitrogen and oxygen atoms in total. The Hall–Kier alpha value is -1.66. The number of nitrogens with two attached hydrogens (primary N) is 1. The number of benzene rings is 1. The molecule has 3 N–H and O–H groups in total. The Kier molecular flexibility index (Phi) is 4.01. The lowest BCUT2D eigenvalue weighted by molar-refractivity contribution is -0.119. The molecule has 1 aliphatic rings. The van der Waals surface area contributed by atoms with Crippen molar-refractivity contribution in [3.05, 3.63) is 30.1 Å². The van der Waals surface area contributed by atoms with Crippen molar-refractivity contribution < 1.29 is 19.0 Å². The minimum Gasteiger partial charge on any atom is -0.490 e. The molecule has 1 atom stereocenters. The van der Waals surface area contributed by atoms with E-state index in [9.17, 15) is 14.3 Å². The van der Waals surface area contributed by atoms with Crippen LogP contribution in [0.5, 0.6) is 5.75 Å². The van der Waals surface area contributed by atoms with Crippen molar-refractivity contribution in [1.29, 1.82) is 0 Å². The van der Waals surface area contributed by atoms with Crippen molar-refractivity contribution in [1.82, 2.24) is 4.90 Å². The first-order valence-corrected chi connectivity index (χ1v) is 6.08. The number of aliphatic hydroxyl groups is 1. The summed E-state index contributed by atoms with van der Waals surface area (Å²) in [5.74, 6) is -0.427. The first kappa shape index (κ1) is 13.8. The van der Waals surface area contributed by atoms with Crippen LogP contribution in [0.25, 0.3) is 0 Å². The van der Waals surface area contributed by atoms with E-state index in [2.05, 4.69) is 0 Å². The fraction of sp³-hybridized carbons (Fsp3) is 0.462. The van der Waals surface area contributed by atoms with Gasteiger partial charge in [-0.05, 0) is 18.6 Å². The first-order chi connectivity index (χ1) is 8.97. The number of ether oxygens (including phenoxy) is 1. The standard InChI is InChI=1S/C13H17FN2O3/c14-10-2-1-3-11(6-10)19-9-13(18)4-5-16(8-13)7-12(15)17/h1-3,6,18H,4-5,7-9H2,(H2,15,17)/t13-/m1/s1. The van der Waals surface area contributed by atoms with E-state index in [0.717, 1.165) is 0 Å². The number of nitrogens with zero attached hydrogens (tertiary/aromatic N) is 1. The molecule has 0 spiro atoms.